The highest BCUT2D eigenvalue weighted by Crippen LogP contribution is 2.54. The molecule has 0 N–H and O–H groups in total. The van der Waals surface area contributed by atoms with E-state index >= 15 is 0 Å². The summed E-state index contributed by atoms with van der Waals surface area (Å²) < 4.78 is 0. The molecule has 0 unspecified atom stereocenters. The molecule has 2 heterocycles. The number of para-hydroxylation sites is 2. The van der Waals surface area contributed by atoms with E-state index in [9.17, 15) is 10.1 Å². The van der Waals surface area contributed by atoms with Gasteiger partial charge in [0.25, 0.3) is 5.91 Å². The van der Waals surface area contributed by atoms with Gasteiger partial charge in [0.1, 0.15) is 11.1 Å². The molecule has 18 heavy (non-hydrogen) atoms. The summed E-state index contributed by atoms with van der Waals surface area (Å²) >= 11 is 0. The molecule has 0 spiro atoms. The van der Waals surface area contributed by atoms with E-state index in [0.29, 0.717) is 6.42 Å². The minimum absolute atomic E-state index is 0.0638. The van der Waals surface area contributed by atoms with Crippen LogP contribution in [-0.4, -0.2) is 24.0 Å². The fraction of sp³-hybridized carbons (Fsp3) is 0.429. The Kier molecular flexibility index (Phi) is 1.88. The van der Waals surface area contributed by atoms with Crippen molar-refractivity contribution < 1.29 is 4.79 Å². The number of nitrogens with zero attached hydrogens (tertiary/aromatic N) is 3. The molecule has 0 bridgehead atoms. The Labute approximate surface area is 106 Å². The van der Waals surface area contributed by atoms with E-state index in [-0.39, 0.29) is 5.91 Å². The van der Waals surface area contributed by atoms with Crippen molar-refractivity contribution >= 4 is 17.3 Å². The molecule has 1 aromatic rings. The number of rotatable bonds is 0. The van der Waals surface area contributed by atoms with Crippen LogP contribution in [0.5, 0.6) is 0 Å². The summed E-state index contributed by atoms with van der Waals surface area (Å²) in [5.74, 6) is 0.0638. The average Bonchev–Trinajstić information content (AvgIpc) is 2.35. The second-order valence-corrected chi connectivity index (χ2v) is 5.52. The van der Waals surface area contributed by atoms with Crippen LogP contribution in [0.4, 0.5) is 11.4 Å². The standard InChI is InChI=1S/C14H15N3O/c1-13(9-15)8-14(2)12(18)16(3)10-6-4-5-7-11(10)17(13)14/h4-7H,8H2,1-3H3/t13-,14-/m1/s1. The Morgan fingerprint density at radius 3 is 2.50 bits per heavy atom. The molecule has 1 aromatic carbocycles. The molecule has 1 amide bonds. The van der Waals surface area contributed by atoms with Gasteiger partial charge in [-0.25, -0.2) is 0 Å². The van der Waals surface area contributed by atoms with Gasteiger partial charge in [0.05, 0.1) is 17.4 Å². The van der Waals surface area contributed by atoms with Crippen LogP contribution in [0.3, 0.4) is 0 Å². The highest BCUT2D eigenvalue weighted by atomic mass is 16.2. The minimum atomic E-state index is -0.582. The zero-order valence-corrected chi connectivity index (χ0v) is 10.8. The zero-order valence-electron chi connectivity index (χ0n) is 10.8. The predicted octanol–water partition coefficient (Wildman–Crippen LogP) is 1.91. The number of carbonyl (C=O) groups is 1. The second-order valence-electron chi connectivity index (χ2n) is 5.52. The number of fused-ring (bicyclic) bond motifs is 3. The molecule has 4 nitrogen and oxygen atoms in total. The average molecular weight is 241 g/mol. The van der Waals surface area contributed by atoms with E-state index in [1.165, 1.54) is 0 Å². The Hall–Kier alpha value is -2.02. The van der Waals surface area contributed by atoms with Crippen LogP contribution in [-0.2, 0) is 4.79 Å². The van der Waals surface area contributed by atoms with Crippen LogP contribution in [0.1, 0.15) is 20.3 Å². The van der Waals surface area contributed by atoms with E-state index in [0.717, 1.165) is 11.4 Å². The first-order valence-electron chi connectivity index (χ1n) is 6.03. The molecule has 0 radical (unpaired) electrons. The van der Waals surface area contributed by atoms with E-state index in [4.69, 9.17) is 0 Å². The lowest BCUT2D eigenvalue weighted by atomic mass is 9.68. The van der Waals surface area contributed by atoms with Crippen molar-refractivity contribution in [3.8, 4) is 6.07 Å². The minimum Gasteiger partial charge on any atom is -0.337 e. The maximum Gasteiger partial charge on any atom is 0.252 e. The molecule has 1 saturated heterocycles. The molecule has 2 atom stereocenters. The van der Waals surface area contributed by atoms with Crippen LogP contribution >= 0.6 is 0 Å². The molecular formula is C14H15N3O. The summed E-state index contributed by atoms with van der Waals surface area (Å²) in [5.41, 5.74) is 0.688. The summed E-state index contributed by atoms with van der Waals surface area (Å²) in [6, 6.07) is 10.1. The van der Waals surface area contributed by atoms with Crippen LogP contribution < -0.4 is 9.80 Å². The molecule has 92 valence electrons. The monoisotopic (exact) mass is 241 g/mol. The molecule has 4 heteroatoms. The van der Waals surface area contributed by atoms with Crippen LogP contribution in [0.2, 0.25) is 0 Å². The molecule has 0 aromatic heterocycles. The molecular weight excluding hydrogens is 226 g/mol. The third kappa shape index (κ3) is 1.02. The first-order chi connectivity index (χ1) is 8.44. The third-order valence-electron chi connectivity index (χ3n) is 4.17. The van der Waals surface area contributed by atoms with Crippen LogP contribution in [0.15, 0.2) is 24.3 Å². The van der Waals surface area contributed by atoms with Gasteiger partial charge in [-0.05, 0) is 26.0 Å². The van der Waals surface area contributed by atoms with Crippen molar-refractivity contribution in [3.63, 3.8) is 0 Å². The summed E-state index contributed by atoms with van der Waals surface area (Å²) in [6.07, 6.45) is 0.577. The fourth-order valence-electron chi connectivity index (χ4n) is 3.48. The lowest BCUT2D eigenvalue weighted by Gasteiger charge is -2.63. The number of likely N-dealkylation sites (N-methyl/N-ethyl adjacent to an activating group) is 1. The molecule has 2 aliphatic heterocycles. The summed E-state index contributed by atoms with van der Waals surface area (Å²) in [5, 5.41) is 9.36. The normalized spacial score (nSPS) is 33.3. The van der Waals surface area contributed by atoms with Gasteiger partial charge in [-0.15, -0.1) is 0 Å². The molecule has 3 rings (SSSR count). The predicted molar refractivity (Wildman–Crippen MR) is 69.4 cm³/mol. The van der Waals surface area contributed by atoms with E-state index in [1.54, 1.807) is 11.9 Å². The van der Waals surface area contributed by atoms with Gasteiger partial charge in [-0.3, -0.25) is 4.79 Å². The quantitative estimate of drug-likeness (QED) is 0.697. The topological polar surface area (TPSA) is 47.3 Å². The summed E-state index contributed by atoms with van der Waals surface area (Å²) in [7, 11) is 1.80. The number of benzene rings is 1. The number of anilines is 2. The van der Waals surface area contributed by atoms with Crippen molar-refractivity contribution in [2.24, 2.45) is 0 Å². The lowest BCUT2D eigenvalue weighted by molar-refractivity contribution is -0.127. The van der Waals surface area contributed by atoms with Gasteiger partial charge in [0.15, 0.2) is 0 Å². The lowest BCUT2D eigenvalue weighted by Crippen LogP contribution is -2.78. The maximum atomic E-state index is 12.4. The van der Waals surface area contributed by atoms with Gasteiger partial charge in [0, 0.05) is 13.5 Å². The molecule has 0 saturated carbocycles. The Morgan fingerprint density at radius 1 is 1.28 bits per heavy atom. The molecule has 2 aliphatic rings. The first-order valence-corrected chi connectivity index (χ1v) is 6.03. The van der Waals surface area contributed by atoms with Crippen molar-refractivity contribution in [2.75, 3.05) is 16.8 Å². The first kappa shape index (κ1) is 11.1. The van der Waals surface area contributed by atoms with E-state index < -0.39 is 11.1 Å². The van der Waals surface area contributed by atoms with Gasteiger partial charge in [-0.1, -0.05) is 12.1 Å². The highest BCUT2D eigenvalue weighted by molar-refractivity contribution is 6.10. The zero-order chi connectivity index (χ0) is 13.1. The smallest absolute Gasteiger partial charge is 0.252 e. The van der Waals surface area contributed by atoms with Crippen molar-refractivity contribution in [3.05, 3.63) is 24.3 Å². The molecule has 1 fully saturated rings. The number of carbonyl (C=O) groups excluding carboxylic acids is 1. The van der Waals surface area contributed by atoms with Crippen molar-refractivity contribution in [1.29, 1.82) is 5.26 Å². The third-order valence-corrected chi connectivity index (χ3v) is 4.17. The van der Waals surface area contributed by atoms with Crippen LogP contribution in [0.25, 0.3) is 0 Å². The Balaban J connectivity index is 2.24. The van der Waals surface area contributed by atoms with Gasteiger partial charge in [0.2, 0.25) is 0 Å². The van der Waals surface area contributed by atoms with E-state index in [1.807, 2.05) is 43.0 Å². The van der Waals surface area contributed by atoms with Gasteiger partial charge >= 0.3 is 0 Å². The summed E-state index contributed by atoms with van der Waals surface area (Å²) in [6.45, 7) is 3.81. The van der Waals surface area contributed by atoms with Gasteiger partial charge < -0.3 is 9.80 Å². The van der Waals surface area contributed by atoms with Crippen LogP contribution in [0, 0.1) is 11.3 Å². The van der Waals surface area contributed by atoms with Crippen molar-refractivity contribution in [2.45, 2.75) is 31.3 Å². The van der Waals surface area contributed by atoms with E-state index in [2.05, 4.69) is 6.07 Å². The molecule has 0 aliphatic carbocycles. The number of amides is 1. The fourth-order valence-corrected chi connectivity index (χ4v) is 3.48. The SMILES string of the molecule is CN1C(=O)[C@@]2(C)C[C@](C)(C#N)N2c2ccccc21. The van der Waals surface area contributed by atoms with Crippen molar-refractivity contribution in [1.82, 2.24) is 0 Å². The number of hydrogen-bond acceptors (Lipinski definition) is 3. The largest absolute Gasteiger partial charge is 0.337 e. The number of nitriles is 1. The second kappa shape index (κ2) is 3.05. The Morgan fingerprint density at radius 2 is 1.89 bits per heavy atom. The maximum absolute atomic E-state index is 12.4. The summed E-state index contributed by atoms with van der Waals surface area (Å²) in [4.78, 5) is 16.1. The van der Waals surface area contributed by atoms with Gasteiger partial charge in [-0.2, -0.15) is 5.26 Å². The number of hydrogen-bond donors (Lipinski definition) is 0. The Bertz CT molecular complexity index is 591. The highest BCUT2D eigenvalue weighted by Gasteiger charge is 2.64.